The first kappa shape index (κ1) is 18.6. The number of hydrogen-bond acceptors (Lipinski definition) is 4. The smallest absolute Gasteiger partial charge is 0.319 e. The van der Waals surface area contributed by atoms with Crippen LogP contribution < -0.4 is 10.6 Å². The number of benzene rings is 1. The highest BCUT2D eigenvalue weighted by Crippen LogP contribution is 2.46. The molecule has 0 spiro atoms. The van der Waals surface area contributed by atoms with Gasteiger partial charge in [-0.2, -0.15) is 0 Å². The second kappa shape index (κ2) is 7.41. The summed E-state index contributed by atoms with van der Waals surface area (Å²) in [4.78, 5) is 27.3. The van der Waals surface area contributed by atoms with Gasteiger partial charge in [-0.1, -0.05) is 32.9 Å². The monoisotopic (exact) mass is 347 g/mol. The summed E-state index contributed by atoms with van der Waals surface area (Å²) < 4.78 is 0. The fourth-order valence-corrected chi connectivity index (χ4v) is 4.22. The molecule has 1 aliphatic carbocycles. The predicted octanol–water partition coefficient (Wildman–Crippen LogP) is 4.02. The number of nitrogens with zero attached hydrogens (tertiary/aromatic N) is 1. The van der Waals surface area contributed by atoms with Crippen LogP contribution >= 0.6 is 12.6 Å². The van der Waals surface area contributed by atoms with Gasteiger partial charge < -0.3 is 10.6 Å². The van der Waals surface area contributed by atoms with Crippen LogP contribution in [0.4, 0.5) is 10.5 Å². The topological polar surface area (TPSA) is 70.6 Å². The summed E-state index contributed by atoms with van der Waals surface area (Å²) >= 11 is 4.34. The SMILES string of the molecule is CC1(C)CC(NC(=O)Nc2ccccc2S)CC(C)(CN=C=O)C1. The molecule has 1 saturated carbocycles. The minimum Gasteiger partial charge on any atom is -0.335 e. The van der Waals surface area contributed by atoms with Crippen molar-refractivity contribution < 1.29 is 9.59 Å². The highest BCUT2D eigenvalue weighted by Gasteiger charge is 2.41. The highest BCUT2D eigenvalue weighted by molar-refractivity contribution is 7.80. The van der Waals surface area contributed by atoms with Crippen molar-refractivity contribution in [1.82, 2.24) is 5.32 Å². The zero-order valence-electron chi connectivity index (χ0n) is 14.4. The number of aliphatic imine (C=N–C) groups is 1. The number of nitrogens with one attached hydrogen (secondary N) is 2. The third-order valence-electron chi connectivity index (χ3n) is 4.46. The molecule has 1 fully saturated rings. The van der Waals surface area contributed by atoms with E-state index >= 15 is 0 Å². The van der Waals surface area contributed by atoms with Crippen LogP contribution in [0.5, 0.6) is 0 Å². The van der Waals surface area contributed by atoms with Crippen LogP contribution in [0.2, 0.25) is 0 Å². The maximum absolute atomic E-state index is 12.3. The molecule has 0 heterocycles. The molecule has 2 rings (SSSR count). The Kier molecular flexibility index (Phi) is 5.73. The minimum atomic E-state index is -0.236. The average Bonchev–Trinajstić information content (AvgIpc) is 2.45. The van der Waals surface area contributed by atoms with Crippen LogP contribution in [0, 0.1) is 10.8 Å². The molecular weight excluding hydrogens is 322 g/mol. The van der Waals surface area contributed by atoms with Gasteiger partial charge in [-0.25, -0.2) is 14.6 Å². The first-order valence-corrected chi connectivity index (χ1v) is 8.57. The number of para-hydroxylation sites is 1. The van der Waals surface area contributed by atoms with Crippen molar-refractivity contribution in [2.75, 3.05) is 11.9 Å². The molecule has 5 nitrogen and oxygen atoms in total. The van der Waals surface area contributed by atoms with Gasteiger partial charge >= 0.3 is 6.03 Å². The van der Waals surface area contributed by atoms with Crippen molar-refractivity contribution in [1.29, 1.82) is 0 Å². The summed E-state index contributed by atoms with van der Waals surface area (Å²) in [5.41, 5.74) is 0.644. The van der Waals surface area contributed by atoms with E-state index in [0.717, 1.165) is 24.2 Å². The van der Waals surface area contributed by atoms with Crippen LogP contribution in [0.25, 0.3) is 0 Å². The number of hydrogen-bond donors (Lipinski definition) is 3. The van der Waals surface area contributed by atoms with Gasteiger partial charge in [0.15, 0.2) is 0 Å². The van der Waals surface area contributed by atoms with Crippen LogP contribution in [0.15, 0.2) is 34.2 Å². The second-order valence-corrected chi connectivity index (χ2v) is 8.26. The molecule has 0 aromatic heterocycles. The summed E-state index contributed by atoms with van der Waals surface area (Å²) in [5.74, 6) is 0. The molecule has 6 heteroatoms. The summed E-state index contributed by atoms with van der Waals surface area (Å²) in [6, 6.07) is 7.17. The molecule has 0 aliphatic heterocycles. The lowest BCUT2D eigenvalue weighted by molar-refractivity contribution is 0.0815. The van der Waals surface area contributed by atoms with E-state index in [4.69, 9.17) is 0 Å². The van der Waals surface area contributed by atoms with Gasteiger partial charge in [0.05, 0.1) is 12.2 Å². The summed E-state index contributed by atoms with van der Waals surface area (Å²) in [7, 11) is 0. The quantitative estimate of drug-likeness (QED) is 0.437. The lowest BCUT2D eigenvalue weighted by Crippen LogP contribution is -2.48. The molecule has 2 unspecified atom stereocenters. The van der Waals surface area contributed by atoms with E-state index in [2.05, 4.69) is 49.0 Å². The first-order valence-electron chi connectivity index (χ1n) is 8.12. The Bertz CT molecular complexity index is 655. The van der Waals surface area contributed by atoms with E-state index in [1.165, 1.54) is 0 Å². The maximum Gasteiger partial charge on any atom is 0.319 e. The van der Waals surface area contributed by atoms with E-state index in [9.17, 15) is 9.59 Å². The molecule has 130 valence electrons. The molecule has 24 heavy (non-hydrogen) atoms. The zero-order valence-corrected chi connectivity index (χ0v) is 15.3. The Morgan fingerprint density at radius 2 is 2.04 bits per heavy atom. The number of carbonyl (C=O) groups is 1. The standard InChI is InChI=1S/C18H25N3O2S/c1-17(2)8-13(9-18(3,10-17)11-19-12-22)20-16(23)21-14-6-4-5-7-15(14)24/h4-7,13,24H,8-11H2,1-3H3,(H2,20,21,23). The van der Waals surface area contributed by atoms with E-state index in [-0.39, 0.29) is 22.9 Å². The Labute approximate surface area is 148 Å². The number of thiol groups is 1. The van der Waals surface area contributed by atoms with E-state index < -0.39 is 0 Å². The van der Waals surface area contributed by atoms with Crippen LogP contribution in [0.1, 0.15) is 40.0 Å². The molecule has 0 bridgehead atoms. The van der Waals surface area contributed by atoms with Crippen molar-refractivity contribution in [2.24, 2.45) is 15.8 Å². The molecule has 1 aromatic rings. The Balaban J connectivity index is 2.03. The second-order valence-electron chi connectivity index (χ2n) is 7.78. The number of amides is 2. The molecule has 2 atom stereocenters. The molecule has 1 aliphatic rings. The fourth-order valence-electron chi connectivity index (χ4n) is 4.00. The van der Waals surface area contributed by atoms with Crippen LogP contribution in [-0.2, 0) is 4.79 Å². The van der Waals surface area contributed by atoms with Crippen molar-refractivity contribution >= 4 is 30.4 Å². The molecular formula is C18H25N3O2S. The van der Waals surface area contributed by atoms with Crippen molar-refractivity contribution in [3.8, 4) is 0 Å². The van der Waals surface area contributed by atoms with E-state index in [1.807, 2.05) is 24.3 Å². The maximum atomic E-state index is 12.3. The molecule has 1 aromatic carbocycles. The van der Waals surface area contributed by atoms with Gasteiger partial charge in [0.1, 0.15) is 0 Å². The van der Waals surface area contributed by atoms with Gasteiger partial charge in [0, 0.05) is 10.9 Å². The van der Waals surface area contributed by atoms with E-state index in [1.54, 1.807) is 6.08 Å². The van der Waals surface area contributed by atoms with Gasteiger partial charge in [-0.05, 0) is 42.2 Å². The third kappa shape index (κ3) is 5.11. The number of isocyanates is 1. The van der Waals surface area contributed by atoms with Gasteiger partial charge in [0.2, 0.25) is 6.08 Å². The number of rotatable bonds is 4. The van der Waals surface area contributed by atoms with Crippen LogP contribution in [0.3, 0.4) is 0 Å². The molecule has 0 saturated heterocycles. The normalized spacial score (nSPS) is 25.4. The third-order valence-corrected chi connectivity index (χ3v) is 4.85. The first-order chi connectivity index (χ1) is 11.2. The molecule has 0 radical (unpaired) electrons. The number of anilines is 1. The Morgan fingerprint density at radius 3 is 2.71 bits per heavy atom. The summed E-state index contributed by atoms with van der Waals surface area (Å²) in [5, 5.41) is 5.90. The largest absolute Gasteiger partial charge is 0.335 e. The van der Waals surface area contributed by atoms with E-state index in [0.29, 0.717) is 12.2 Å². The van der Waals surface area contributed by atoms with Gasteiger partial charge in [0.25, 0.3) is 0 Å². The summed E-state index contributed by atoms with van der Waals surface area (Å²) in [6.07, 6.45) is 4.27. The van der Waals surface area contributed by atoms with Crippen molar-refractivity contribution in [3.63, 3.8) is 0 Å². The molecule has 2 amide bonds. The summed E-state index contributed by atoms with van der Waals surface area (Å²) in [6.45, 7) is 6.93. The zero-order chi connectivity index (χ0) is 17.8. The Morgan fingerprint density at radius 1 is 1.33 bits per heavy atom. The van der Waals surface area contributed by atoms with Crippen molar-refractivity contribution in [3.05, 3.63) is 24.3 Å². The minimum absolute atomic E-state index is 0.0349. The van der Waals surface area contributed by atoms with Crippen LogP contribution in [-0.4, -0.2) is 24.7 Å². The van der Waals surface area contributed by atoms with Crippen molar-refractivity contribution in [2.45, 2.75) is 51.0 Å². The van der Waals surface area contributed by atoms with Gasteiger partial charge in [-0.15, -0.1) is 12.6 Å². The lowest BCUT2D eigenvalue weighted by atomic mass is 9.62. The lowest BCUT2D eigenvalue weighted by Gasteiger charge is -2.46. The highest BCUT2D eigenvalue weighted by atomic mass is 32.1. The number of urea groups is 1. The van der Waals surface area contributed by atoms with Gasteiger partial charge in [-0.3, -0.25) is 0 Å². The Hall–Kier alpha value is -1.78. The molecule has 2 N–H and O–H groups in total. The fraction of sp³-hybridized carbons (Fsp3) is 0.556. The predicted molar refractivity (Wildman–Crippen MR) is 98.4 cm³/mol. The number of carbonyl (C=O) groups excluding carboxylic acids is 2. The average molecular weight is 347 g/mol.